The van der Waals surface area contributed by atoms with Crippen molar-refractivity contribution in [1.29, 1.82) is 0 Å². The van der Waals surface area contributed by atoms with Gasteiger partial charge in [0.1, 0.15) is 5.82 Å². The molecule has 0 unspecified atom stereocenters. The van der Waals surface area contributed by atoms with Crippen molar-refractivity contribution in [2.24, 2.45) is 5.92 Å². The van der Waals surface area contributed by atoms with Crippen LogP contribution < -0.4 is 10.2 Å². The van der Waals surface area contributed by atoms with Crippen LogP contribution in [0.15, 0.2) is 29.4 Å². The molecule has 146 valence electrons. The zero-order chi connectivity index (χ0) is 19.2. The number of nitrogens with one attached hydrogen (secondary N) is 1. The van der Waals surface area contributed by atoms with Crippen LogP contribution in [0.1, 0.15) is 13.8 Å². The number of benzene rings is 1. The molecule has 0 atom stereocenters. The number of rotatable bonds is 7. The molecule has 27 heavy (non-hydrogen) atoms. The topological polar surface area (TPSA) is 72.3 Å². The number of halogens is 1. The Balaban J connectivity index is 1.65. The minimum absolute atomic E-state index is 0.168. The first-order valence-electron chi connectivity index (χ1n) is 8.97. The summed E-state index contributed by atoms with van der Waals surface area (Å²) in [6.07, 6.45) is 0. The highest BCUT2D eigenvalue weighted by Gasteiger charge is 2.21. The van der Waals surface area contributed by atoms with Gasteiger partial charge < -0.3 is 15.0 Å². The summed E-state index contributed by atoms with van der Waals surface area (Å²) in [5, 5.41) is 12.1. The molecule has 1 aliphatic rings. The molecule has 7 nitrogen and oxygen atoms in total. The minimum atomic E-state index is -0.334. The Hall–Kier alpha value is -2.13. The lowest BCUT2D eigenvalue weighted by atomic mass is 10.2. The van der Waals surface area contributed by atoms with Crippen molar-refractivity contribution in [2.75, 3.05) is 42.3 Å². The number of carbonyl (C=O) groups is 1. The van der Waals surface area contributed by atoms with Crippen molar-refractivity contribution in [3.8, 4) is 0 Å². The standard InChI is InChI=1S/C18H24FN5O2S/c1-13(2)11-24-17(23-7-9-26-10-8-23)21-22-18(24)27-12-16(25)20-15-5-3-14(19)4-6-15/h3-6,13H,7-12H2,1-2H3,(H,20,25). The first-order chi connectivity index (χ1) is 13.0. The first-order valence-corrected chi connectivity index (χ1v) is 9.95. The molecule has 3 rings (SSSR count). The smallest absolute Gasteiger partial charge is 0.234 e. The molecule has 0 aliphatic carbocycles. The van der Waals surface area contributed by atoms with E-state index in [1.807, 2.05) is 0 Å². The number of thioether (sulfide) groups is 1. The maximum atomic E-state index is 13.0. The largest absolute Gasteiger partial charge is 0.378 e. The molecular weight excluding hydrogens is 369 g/mol. The molecule has 1 N–H and O–H groups in total. The zero-order valence-electron chi connectivity index (χ0n) is 15.5. The Bertz CT molecular complexity index is 760. The number of ether oxygens (including phenoxy) is 1. The van der Waals surface area contributed by atoms with E-state index in [1.165, 1.54) is 36.0 Å². The highest BCUT2D eigenvalue weighted by atomic mass is 32.2. The van der Waals surface area contributed by atoms with Gasteiger partial charge >= 0.3 is 0 Å². The van der Waals surface area contributed by atoms with Crippen LogP contribution in [0, 0.1) is 11.7 Å². The van der Waals surface area contributed by atoms with Gasteiger partial charge in [-0.25, -0.2) is 4.39 Å². The van der Waals surface area contributed by atoms with Crippen molar-refractivity contribution in [1.82, 2.24) is 14.8 Å². The van der Waals surface area contributed by atoms with E-state index in [0.29, 0.717) is 24.8 Å². The van der Waals surface area contributed by atoms with Gasteiger partial charge in [-0.2, -0.15) is 0 Å². The summed E-state index contributed by atoms with van der Waals surface area (Å²) >= 11 is 1.35. The molecule has 1 saturated heterocycles. The highest BCUT2D eigenvalue weighted by molar-refractivity contribution is 7.99. The average molecular weight is 393 g/mol. The van der Waals surface area contributed by atoms with Gasteiger partial charge in [-0.1, -0.05) is 25.6 Å². The summed E-state index contributed by atoms with van der Waals surface area (Å²) in [4.78, 5) is 14.4. The normalized spacial score (nSPS) is 14.6. The molecule has 0 radical (unpaired) electrons. The molecule has 0 spiro atoms. The average Bonchev–Trinajstić information content (AvgIpc) is 3.04. The Labute approximate surface area is 162 Å². The summed E-state index contributed by atoms with van der Waals surface area (Å²) in [5.41, 5.74) is 0.569. The van der Waals surface area contributed by atoms with Crippen LogP contribution in [-0.4, -0.2) is 52.7 Å². The fraction of sp³-hybridized carbons (Fsp3) is 0.500. The number of amides is 1. The van der Waals surface area contributed by atoms with E-state index in [4.69, 9.17) is 4.74 Å². The number of hydrogen-bond donors (Lipinski definition) is 1. The van der Waals surface area contributed by atoms with Crippen molar-refractivity contribution < 1.29 is 13.9 Å². The Kier molecular flexibility index (Phi) is 6.68. The van der Waals surface area contributed by atoms with Crippen LogP contribution in [0.4, 0.5) is 16.0 Å². The number of morpholine rings is 1. The summed E-state index contributed by atoms with van der Waals surface area (Å²) < 4.78 is 20.4. The maximum absolute atomic E-state index is 13.0. The van der Waals surface area contributed by atoms with Gasteiger partial charge in [0.2, 0.25) is 11.9 Å². The fourth-order valence-electron chi connectivity index (χ4n) is 2.77. The molecule has 0 saturated carbocycles. The van der Waals surface area contributed by atoms with Crippen molar-refractivity contribution in [3.05, 3.63) is 30.1 Å². The molecule has 1 amide bonds. The predicted octanol–water partition coefficient (Wildman–Crippen LogP) is 2.64. The van der Waals surface area contributed by atoms with Crippen LogP contribution in [0.2, 0.25) is 0 Å². The molecule has 2 aromatic rings. The fourth-order valence-corrected chi connectivity index (χ4v) is 3.51. The third kappa shape index (κ3) is 5.43. The molecule has 1 aromatic carbocycles. The van der Waals surface area contributed by atoms with Crippen molar-refractivity contribution in [3.63, 3.8) is 0 Å². The van der Waals surface area contributed by atoms with Gasteiger partial charge in [0, 0.05) is 25.3 Å². The van der Waals surface area contributed by atoms with Crippen LogP contribution in [0.25, 0.3) is 0 Å². The second-order valence-electron chi connectivity index (χ2n) is 6.73. The summed E-state index contributed by atoms with van der Waals surface area (Å²) in [6, 6.07) is 5.71. The lowest BCUT2D eigenvalue weighted by Gasteiger charge is -2.28. The molecule has 9 heteroatoms. The lowest BCUT2D eigenvalue weighted by Crippen LogP contribution is -2.38. The van der Waals surface area contributed by atoms with Crippen LogP contribution in [-0.2, 0) is 16.1 Å². The van der Waals surface area contributed by atoms with Crippen LogP contribution >= 0.6 is 11.8 Å². The second-order valence-corrected chi connectivity index (χ2v) is 7.67. The van der Waals surface area contributed by atoms with E-state index in [0.717, 1.165) is 30.7 Å². The van der Waals surface area contributed by atoms with Gasteiger partial charge in [0.25, 0.3) is 0 Å². The molecule has 1 aliphatic heterocycles. The third-order valence-electron chi connectivity index (χ3n) is 4.00. The highest BCUT2D eigenvalue weighted by Crippen LogP contribution is 2.24. The second kappa shape index (κ2) is 9.18. The van der Waals surface area contributed by atoms with Gasteiger partial charge in [0.15, 0.2) is 5.16 Å². The summed E-state index contributed by atoms with van der Waals surface area (Å²) in [6.45, 7) is 7.98. The SMILES string of the molecule is CC(C)Cn1c(SCC(=O)Nc2ccc(F)cc2)nnc1N1CCOCC1. The quantitative estimate of drug-likeness (QED) is 0.729. The number of aromatic nitrogens is 3. The Morgan fingerprint density at radius 3 is 2.63 bits per heavy atom. The van der Waals surface area contributed by atoms with E-state index in [9.17, 15) is 9.18 Å². The van der Waals surface area contributed by atoms with E-state index in [-0.39, 0.29) is 17.5 Å². The molecule has 2 heterocycles. The van der Waals surface area contributed by atoms with Gasteiger partial charge in [-0.15, -0.1) is 10.2 Å². The Morgan fingerprint density at radius 1 is 1.26 bits per heavy atom. The number of hydrogen-bond acceptors (Lipinski definition) is 6. The first kappa shape index (κ1) is 19.6. The maximum Gasteiger partial charge on any atom is 0.234 e. The van der Waals surface area contributed by atoms with Gasteiger partial charge in [0.05, 0.1) is 19.0 Å². The molecular formula is C18H24FN5O2S. The summed E-state index contributed by atoms with van der Waals surface area (Å²) in [5.74, 6) is 0.955. The number of nitrogens with zero attached hydrogens (tertiary/aromatic N) is 4. The van der Waals surface area contributed by atoms with Gasteiger partial charge in [-0.3, -0.25) is 9.36 Å². The Morgan fingerprint density at radius 2 is 1.96 bits per heavy atom. The van der Waals surface area contributed by atoms with E-state index >= 15 is 0 Å². The predicted molar refractivity (Wildman–Crippen MR) is 104 cm³/mol. The van der Waals surface area contributed by atoms with Crippen LogP contribution in [0.5, 0.6) is 0 Å². The monoisotopic (exact) mass is 393 g/mol. The third-order valence-corrected chi connectivity index (χ3v) is 4.97. The molecule has 0 bridgehead atoms. The van der Waals surface area contributed by atoms with Crippen molar-refractivity contribution >= 4 is 29.3 Å². The minimum Gasteiger partial charge on any atom is -0.378 e. The number of carbonyl (C=O) groups excluding carboxylic acids is 1. The van der Waals surface area contributed by atoms with Crippen molar-refractivity contribution in [2.45, 2.75) is 25.5 Å². The summed E-state index contributed by atoms with van der Waals surface area (Å²) in [7, 11) is 0. The van der Waals surface area contributed by atoms with Crippen LogP contribution in [0.3, 0.4) is 0 Å². The van der Waals surface area contributed by atoms with Gasteiger partial charge in [-0.05, 0) is 30.2 Å². The zero-order valence-corrected chi connectivity index (χ0v) is 16.3. The van der Waals surface area contributed by atoms with E-state index in [2.05, 4.69) is 38.8 Å². The molecule has 1 fully saturated rings. The lowest BCUT2D eigenvalue weighted by molar-refractivity contribution is -0.113. The molecule has 1 aromatic heterocycles. The number of anilines is 2. The van der Waals surface area contributed by atoms with E-state index < -0.39 is 0 Å². The van der Waals surface area contributed by atoms with E-state index in [1.54, 1.807) is 0 Å².